The van der Waals surface area contributed by atoms with Gasteiger partial charge >= 0.3 is 6.09 Å². The first-order valence-corrected chi connectivity index (χ1v) is 6.50. The van der Waals surface area contributed by atoms with Crippen molar-refractivity contribution >= 4 is 23.0 Å². The predicted octanol–water partition coefficient (Wildman–Crippen LogP) is 2.05. The van der Waals surface area contributed by atoms with E-state index in [1.807, 2.05) is 0 Å². The second-order valence-corrected chi connectivity index (χ2v) is 4.98. The molecule has 1 atom stereocenters. The molecule has 0 radical (unpaired) electrons. The molecule has 0 spiro atoms. The van der Waals surface area contributed by atoms with Crippen molar-refractivity contribution in [1.82, 2.24) is 10.2 Å². The molecule has 7 heteroatoms. The topological polar surface area (TPSA) is 82.8 Å². The maximum absolute atomic E-state index is 13.1. The summed E-state index contributed by atoms with van der Waals surface area (Å²) >= 11 is 0. The molecule has 110 valence electrons. The Morgan fingerprint density at radius 2 is 2.24 bits per heavy atom. The highest BCUT2D eigenvalue weighted by Gasteiger charge is 2.27. The van der Waals surface area contributed by atoms with Crippen LogP contribution in [0.5, 0.6) is 0 Å². The van der Waals surface area contributed by atoms with E-state index in [1.54, 1.807) is 0 Å². The molecule has 1 aromatic heterocycles. The normalized spacial score (nSPS) is 18.1. The third-order valence-electron chi connectivity index (χ3n) is 3.58. The zero-order valence-corrected chi connectivity index (χ0v) is 11.0. The third-order valence-corrected chi connectivity index (χ3v) is 3.58. The Balaban J connectivity index is 1.74. The van der Waals surface area contributed by atoms with E-state index in [9.17, 15) is 14.0 Å². The molecular formula is C14H13FN2O4. The largest absolute Gasteiger partial charge is 0.465 e. The van der Waals surface area contributed by atoms with E-state index in [0.717, 1.165) is 0 Å². The van der Waals surface area contributed by atoms with Crippen molar-refractivity contribution in [2.45, 2.75) is 12.5 Å². The number of likely N-dealkylation sites (tertiary alicyclic amines) is 1. The van der Waals surface area contributed by atoms with Crippen molar-refractivity contribution in [2.24, 2.45) is 0 Å². The summed E-state index contributed by atoms with van der Waals surface area (Å²) in [4.78, 5) is 24.3. The Hall–Kier alpha value is -2.57. The number of rotatable bonds is 2. The minimum atomic E-state index is -0.990. The van der Waals surface area contributed by atoms with Crippen LogP contribution >= 0.6 is 0 Å². The number of carbonyl (C=O) groups excluding carboxylic acids is 1. The number of benzene rings is 1. The smallest absolute Gasteiger partial charge is 0.407 e. The quantitative estimate of drug-likeness (QED) is 0.887. The van der Waals surface area contributed by atoms with E-state index in [1.165, 1.54) is 29.4 Å². The Morgan fingerprint density at radius 1 is 1.43 bits per heavy atom. The number of furan rings is 1. The molecular weight excluding hydrogens is 279 g/mol. The zero-order chi connectivity index (χ0) is 15.0. The van der Waals surface area contributed by atoms with Gasteiger partial charge in [0.2, 0.25) is 0 Å². The highest BCUT2D eigenvalue weighted by molar-refractivity contribution is 6.06. The molecule has 1 fully saturated rings. The number of carbonyl (C=O) groups is 2. The number of nitrogens with one attached hydrogen (secondary N) is 1. The van der Waals surface area contributed by atoms with Gasteiger partial charge in [0.1, 0.15) is 17.7 Å². The van der Waals surface area contributed by atoms with Gasteiger partial charge in [-0.25, -0.2) is 9.18 Å². The molecule has 1 saturated heterocycles. The minimum absolute atomic E-state index is 0.223. The van der Waals surface area contributed by atoms with Crippen molar-refractivity contribution < 1.29 is 23.5 Å². The molecule has 1 aromatic carbocycles. The van der Waals surface area contributed by atoms with Crippen LogP contribution in [0.2, 0.25) is 0 Å². The van der Waals surface area contributed by atoms with Gasteiger partial charge in [0, 0.05) is 30.6 Å². The first-order valence-electron chi connectivity index (χ1n) is 6.50. The van der Waals surface area contributed by atoms with Gasteiger partial charge in [0.25, 0.3) is 5.91 Å². The summed E-state index contributed by atoms with van der Waals surface area (Å²) in [5, 5.41) is 12.2. The van der Waals surface area contributed by atoms with Crippen LogP contribution in [0.15, 0.2) is 28.9 Å². The third kappa shape index (κ3) is 2.54. The number of carboxylic acid groups (broad SMARTS) is 1. The van der Waals surface area contributed by atoms with E-state index >= 15 is 0 Å². The predicted molar refractivity (Wildman–Crippen MR) is 71.6 cm³/mol. The fourth-order valence-electron chi connectivity index (χ4n) is 2.49. The van der Waals surface area contributed by atoms with Crippen LogP contribution in [-0.2, 0) is 0 Å². The lowest BCUT2D eigenvalue weighted by Crippen LogP contribution is -2.38. The number of fused-ring (bicyclic) bond motifs is 1. The van der Waals surface area contributed by atoms with Crippen molar-refractivity contribution in [1.29, 1.82) is 0 Å². The average molecular weight is 292 g/mol. The lowest BCUT2D eigenvalue weighted by molar-refractivity contribution is 0.0936. The lowest BCUT2D eigenvalue weighted by atomic mass is 10.1. The SMILES string of the molecule is O=C(N[C@H]1CCN(C(=O)O)C1)c1coc2cc(F)ccc12. The second-order valence-electron chi connectivity index (χ2n) is 4.98. The zero-order valence-electron chi connectivity index (χ0n) is 11.0. The summed E-state index contributed by atoms with van der Waals surface area (Å²) in [6.07, 6.45) is 0.863. The van der Waals surface area contributed by atoms with Crippen LogP contribution in [0.3, 0.4) is 0 Å². The molecule has 2 amide bonds. The Kier molecular flexibility index (Phi) is 3.25. The molecule has 0 saturated carbocycles. The summed E-state index contributed by atoms with van der Waals surface area (Å²) < 4.78 is 18.2. The molecule has 1 aliphatic heterocycles. The van der Waals surface area contributed by atoms with Crippen LogP contribution in [0.4, 0.5) is 9.18 Å². The van der Waals surface area contributed by atoms with E-state index in [-0.39, 0.29) is 18.5 Å². The molecule has 2 heterocycles. The maximum Gasteiger partial charge on any atom is 0.407 e. The second kappa shape index (κ2) is 5.08. The molecule has 6 nitrogen and oxygen atoms in total. The Bertz CT molecular complexity index is 712. The van der Waals surface area contributed by atoms with Crippen molar-refractivity contribution in [3.63, 3.8) is 0 Å². The van der Waals surface area contributed by atoms with Crippen molar-refractivity contribution in [2.75, 3.05) is 13.1 Å². The molecule has 3 rings (SSSR count). The molecule has 0 aliphatic carbocycles. The highest BCUT2D eigenvalue weighted by atomic mass is 19.1. The number of hydrogen-bond donors (Lipinski definition) is 2. The van der Waals surface area contributed by atoms with Gasteiger partial charge in [0.15, 0.2) is 0 Å². The fraction of sp³-hybridized carbons (Fsp3) is 0.286. The summed E-state index contributed by atoms with van der Waals surface area (Å²) in [6, 6.07) is 3.74. The molecule has 21 heavy (non-hydrogen) atoms. The standard InChI is InChI=1S/C14H13FN2O4/c15-8-1-2-10-11(7-21-12(10)5-8)13(18)16-9-3-4-17(6-9)14(19)20/h1-2,5,7,9H,3-4,6H2,(H,16,18)(H,19,20)/t9-/m0/s1. The summed E-state index contributed by atoms with van der Waals surface area (Å²) in [7, 11) is 0. The van der Waals surface area contributed by atoms with Gasteiger partial charge in [0.05, 0.1) is 5.56 Å². The Labute approximate surface area is 119 Å². The average Bonchev–Trinajstić information content (AvgIpc) is 3.04. The minimum Gasteiger partial charge on any atom is -0.465 e. The lowest BCUT2D eigenvalue weighted by Gasteiger charge is -2.13. The summed E-state index contributed by atoms with van der Waals surface area (Å²) in [6.45, 7) is 0.670. The monoisotopic (exact) mass is 292 g/mol. The van der Waals surface area contributed by atoms with Gasteiger partial charge in [-0.05, 0) is 18.6 Å². The van der Waals surface area contributed by atoms with E-state index in [4.69, 9.17) is 9.52 Å². The molecule has 0 bridgehead atoms. The van der Waals surface area contributed by atoms with E-state index in [0.29, 0.717) is 29.5 Å². The number of hydrogen-bond acceptors (Lipinski definition) is 3. The van der Waals surface area contributed by atoms with Gasteiger partial charge in [-0.3, -0.25) is 4.79 Å². The van der Waals surface area contributed by atoms with Gasteiger partial charge in [-0.1, -0.05) is 0 Å². The van der Waals surface area contributed by atoms with Crippen LogP contribution < -0.4 is 5.32 Å². The van der Waals surface area contributed by atoms with Crippen molar-refractivity contribution in [3.8, 4) is 0 Å². The van der Waals surface area contributed by atoms with Crippen LogP contribution in [0.25, 0.3) is 11.0 Å². The molecule has 1 aliphatic rings. The van der Waals surface area contributed by atoms with Crippen LogP contribution in [-0.4, -0.2) is 41.1 Å². The molecule has 2 N–H and O–H groups in total. The summed E-state index contributed by atoms with van der Waals surface area (Å²) in [5.74, 6) is -0.783. The molecule has 0 unspecified atom stereocenters. The van der Waals surface area contributed by atoms with Crippen molar-refractivity contribution in [3.05, 3.63) is 35.8 Å². The number of amides is 2. The van der Waals surface area contributed by atoms with E-state index < -0.39 is 11.9 Å². The fourth-order valence-corrected chi connectivity index (χ4v) is 2.49. The first-order chi connectivity index (χ1) is 10.0. The van der Waals surface area contributed by atoms with Gasteiger partial charge in [-0.2, -0.15) is 0 Å². The van der Waals surface area contributed by atoms with Gasteiger partial charge in [-0.15, -0.1) is 0 Å². The van der Waals surface area contributed by atoms with E-state index in [2.05, 4.69) is 5.32 Å². The van der Waals surface area contributed by atoms with Crippen LogP contribution in [0.1, 0.15) is 16.8 Å². The molecule has 2 aromatic rings. The maximum atomic E-state index is 13.1. The Morgan fingerprint density at radius 3 is 2.95 bits per heavy atom. The van der Waals surface area contributed by atoms with Gasteiger partial charge < -0.3 is 19.7 Å². The van der Waals surface area contributed by atoms with Crippen LogP contribution in [0, 0.1) is 5.82 Å². The highest BCUT2D eigenvalue weighted by Crippen LogP contribution is 2.22. The number of nitrogens with zero attached hydrogens (tertiary/aromatic N) is 1. The number of halogens is 1. The summed E-state index contributed by atoms with van der Waals surface area (Å²) in [5.41, 5.74) is 0.623. The first kappa shape index (κ1) is 13.4.